The van der Waals surface area contributed by atoms with Gasteiger partial charge in [0, 0.05) is 23.5 Å². The van der Waals surface area contributed by atoms with Crippen LogP contribution in [0.2, 0.25) is 0 Å². The van der Waals surface area contributed by atoms with Gasteiger partial charge in [0.2, 0.25) is 5.91 Å². The minimum absolute atomic E-state index is 0.0137. The van der Waals surface area contributed by atoms with E-state index in [9.17, 15) is 9.59 Å². The third-order valence-corrected chi connectivity index (χ3v) is 7.71. The number of aryl methyl sites for hydroxylation is 1. The van der Waals surface area contributed by atoms with E-state index in [4.69, 9.17) is 4.74 Å². The molecule has 5 rings (SSSR count). The summed E-state index contributed by atoms with van der Waals surface area (Å²) < 4.78 is 6.21. The van der Waals surface area contributed by atoms with Crippen LogP contribution in [0.15, 0.2) is 66.0 Å². The summed E-state index contributed by atoms with van der Waals surface area (Å²) in [4.78, 5) is 31.9. The Labute approximate surface area is 205 Å². The lowest BCUT2D eigenvalue weighted by molar-refractivity contribution is -0.135. The van der Waals surface area contributed by atoms with E-state index in [1.54, 1.807) is 16.2 Å². The Hall–Kier alpha value is -3.12. The zero-order chi connectivity index (χ0) is 23.5. The molecule has 5 nitrogen and oxygen atoms in total. The summed E-state index contributed by atoms with van der Waals surface area (Å²) in [5.41, 5.74) is 2.88. The number of ether oxygens (including phenoxy) is 1. The van der Waals surface area contributed by atoms with Crippen molar-refractivity contribution in [3.8, 4) is 5.75 Å². The Kier molecular flexibility index (Phi) is 6.68. The van der Waals surface area contributed by atoms with Gasteiger partial charge in [0.1, 0.15) is 18.9 Å². The third-order valence-electron chi connectivity index (χ3n) is 6.72. The number of carbonyl (C=O) groups is 2. The number of para-hydroxylation sites is 1. The van der Waals surface area contributed by atoms with Gasteiger partial charge in [0.15, 0.2) is 0 Å². The number of nitrogens with zero attached hydrogens (tertiary/aromatic N) is 2. The second kappa shape index (κ2) is 10.0. The summed E-state index contributed by atoms with van der Waals surface area (Å²) in [5, 5.41) is 2.09. The van der Waals surface area contributed by atoms with Crippen molar-refractivity contribution in [3.63, 3.8) is 0 Å². The predicted octanol–water partition coefficient (Wildman–Crippen LogP) is 5.11. The molecule has 2 amide bonds. The first-order chi connectivity index (χ1) is 16.6. The lowest BCUT2D eigenvalue weighted by atomic mass is 10.00. The van der Waals surface area contributed by atoms with Crippen LogP contribution in [0, 0.1) is 12.8 Å². The number of hydrogen-bond acceptors (Lipinski definition) is 4. The van der Waals surface area contributed by atoms with Crippen LogP contribution >= 0.6 is 11.3 Å². The average Bonchev–Trinajstić information content (AvgIpc) is 3.55. The van der Waals surface area contributed by atoms with Crippen LogP contribution in [0.3, 0.4) is 0 Å². The monoisotopic (exact) mass is 474 g/mol. The van der Waals surface area contributed by atoms with Gasteiger partial charge in [0.25, 0.3) is 5.91 Å². The van der Waals surface area contributed by atoms with E-state index in [2.05, 4.69) is 11.4 Å². The first kappa shape index (κ1) is 22.7. The molecular weight excluding hydrogens is 444 g/mol. The van der Waals surface area contributed by atoms with Gasteiger partial charge in [-0.1, -0.05) is 36.4 Å². The van der Waals surface area contributed by atoms with Gasteiger partial charge in [-0.3, -0.25) is 9.59 Å². The third kappa shape index (κ3) is 5.02. The Balaban J connectivity index is 1.34. The number of fused-ring (bicyclic) bond motifs is 1. The Bertz CT molecular complexity index is 1160. The molecule has 2 aliphatic rings. The van der Waals surface area contributed by atoms with E-state index in [-0.39, 0.29) is 24.4 Å². The summed E-state index contributed by atoms with van der Waals surface area (Å²) in [5.74, 6) is 1.26. The predicted molar refractivity (Wildman–Crippen MR) is 134 cm³/mol. The first-order valence-corrected chi connectivity index (χ1v) is 12.9. The molecule has 6 heteroatoms. The summed E-state index contributed by atoms with van der Waals surface area (Å²) >= 11 is 1.74. The Morgan fingerprint density at radius 2 is 1.82 bits per heavy atom. The molecule has 1 aliphatic carbocycles. The van der Waals surface area contributed by atoms with Gasteiger partial charge in [-0.25, -0.2) is 0 Å². The van der Waals surface area contributed by atoms with Crippen LogP contribution in [0.4, 0.5) is 0 Å². The van der Waals surface area contributed by atoms with Crippen LogP contribution in [0.25, 0.3) is 0 Å². The minimum atomic E-state index is -0.156. The normalized spacial score (nSPS) is 17.2. The lowest BCUT2D eigenvalue weighted by Crippen LogP contribution is -2.48. The highest BCUT2D eigenvalue weighted by Gasteiger charge is 2.35. The molecule has 1 fully saturated rings. The minimum Gasteiger partial charge on any atom is -0.491 e. The smallest absolute Gasteiger partial charge is 0.254 e. The van der Waals surface area contributed by atoms with Crippen molar-refractivity contribution in [1.82, 2.24) is 9.80 Å². The lowest BCUT2D eigenvalue weighted by Gasteiger charge is -2.37. The summed E-state index contributed by atoms with van der Waals surface area (Å²) in [6.07, 6.45) is 3.10. The molecule has 1 aromatic heterocycles. The highest BCUT2D eigenvalue weighted by Crippen LogP contribution is 2.35. The van der Waals surface area contributed by atoms with Gasteiger partial charge in [-0.15, -0.1) is 11.3 Å². The van der Waals surface area contributed by atoms with Gasteiger partial charge in [0.05, 0.1) is 6.04 Å². The molecule has 34 heavy (non-hydrogen) atoms. The van der Waals surface area contributed by atoms with E-state index in [0.29, 0.717) is 31.2 Å². The summed E-state index contributed by atoms with van der Waals surface area (Å²) in [6.45, 7) is 3.81. The van der Waals surface area contributed by atoms with Gasteiger partial charge >= 0.3 is 0 Å². The molecule has 1 aliphatic heterocycles. The van der Waals surface area contributed by atoms with E-state index < -0.39 is 0 Å². The number of hydrogen-bond donors (Lipinski definition) is 0. The Morgan fingerprint density at radius 1 is 1.06 bits per heavy atom. The van der Waals surface area contributed by atoms with E-state index in [1.165, 1.54) is 10.4 Å². The zero-order valence-corrected chi connectivity index (χ0v) is 20.3. The molecule has 2 heterocycles. The van der Waals surface area contributed by atoms with Crippen LogP contribution in [0.5, 0.6) is 5.75 Å². The van der Waals surface area contributed by atoms with Crippen LogP contribution in [-0.2, 0) is 11.2 Å². The molecule has 0 spiro atoms. The number of thiophene rings is 1. The number of amides is 2. The van der Waals surface area contributed by atoms with E-state index in [0.717, 1.165) is 30.6 Å². The summed E-state index contributed by atoms with van der Waals surface area (Å²) in [7, 11) is 0. The highest BCUT2D eigenvalue weighted by molar-refractivity contribution is 7.10. The fraction of sp³-hybridized carbons (Fsp3) is 0.357. The summed E-state index contributed by atoms with van der Waals surface area (Å²) in [6, 6.07) is 19.2. The van der Waals surface area contributed by atoms with Crippen LogP contribution < -0.4 is 4.74 Å². The number of carbonyl (C=O) groups excluding carboxylic acids is 2. The Morgan fingerprint density at radius 3 is 2.59 bits per heavy atom. The van der Waals surface area contributed by atoms with Crippen molar-refractivity contribution >= 4 is 23.2 Å². The molecule has 0 radical (unpaired) electrons. The second-order valence-corrected chi connectivity index (χ2v) is 10.2. The van der Waals surface area contributed by atoms with Crippen LogP contribution in [0.1, 0.15) is 45.2 Å². The van der Waals surface area contributed by atoms with Crippen molar-refractivity contribution in [2.45, 2.75) is 32.2 Å². The van der Waals surface area contributed by atoms with Crippen molar-refractivity contribution in [2.24, 2.45) is 5.92 Å². The molecule has 0 unspecified atom stereocenters. The maximum absolute atomic E-state index is 13.6. The molecule has 0 bridgehead atoms. The molecule has 0 saturated heterocycles. The SMILES string of the molecule is Cc1ccccc1OC[C@H]1c2ccsc2CCN1C(=O)CN(CC1CC1)C(=O)c1ccccc1. The second-order valence-electron chi connectivity index (χ2n) is 9.22. The molecule has 1 saturated carbocycles. The average molecular weight is 475 g/mol. The first-order valence-electron chi connectivity index (χ1n) is 12.0. The van der Waals surface area contributed by atoms with Crippen molar-refractivity contribution in [2.75, 3.05) is 26.2 Å². The maximum atomic E-state index is 13.6. The van der Waals surface area contributed by atoms with Crippen molar-refractivity contribution in [1.29, 1.82) is 0 Å². The largest absolute Gasteiger partial charge is 0.491 e. The topological polar surface area (TPSA) is 49.9 Å². The quantitative estimate of drug-likeness (QED) is 0.456. The molecular formula is C28H30N2O3S. The molecule has 3 aromatic rings. The van der Waals surface area contributed by atoms with Gasteiger partial charge in [-0.2, -0.15) is 0 Å². The number of benzene rings is 2. The van der Waals surface area contributed by atoms with Crippen LogP contribution in [-0.4, -0.2) is 47.9 Å². The zero-order valence-electron chi connectivity index (χ0n) is 19.5. The molecule has 176 valence electrons. The fourth-order valence-electron chi connectivity index (χ4n) is 4.61. The molecule has 1 atom stereocenters. The maximum Gasteiger partial charge on any atom is 0.254 e. The van der Waals surface area contributed by atoms with E-state index >= 15 is 0 Å². The fourth-order valence-corrected chi connectivity index (χ4v) is 5.54. The number of rotatable bonds is 8. The highest BCUT2D eigenvalue weighted by atomic mass is 32.1. The molecule has 0 N–H and O–H groups in total. The molecule has 2 aromatic carbocycles. The van der Waals surface area contributed by atoms with Crippen molar-refractivity contribution in [3.05, 3.63) is 87.6 Å². The van der Waals surface area contributed by atoms with Crippen molar-refractivity contribution < 1.29 is 14.3 Å². The van der Waals surface area contributed by atoms with E-state index in [1.807, 2.05) is 66.4 Å². The standard InChI is InChI=1S/C28H30N2O3S/c1-20-7-5-6-10-25(20)33-19-24-23-14-16-34-26(23)13-15-30(24)27(31)18-29(17-21-11-12-21)28(32)22-8-3-2-4-9-22/h2-10,14,16,21,24H,11-13,15,17-19H2,1H3/t24-/m0/s1. The van der Waals surface area contributed by atoms with Gasteiger partial charge in [-0.05, 0) is 72.9 Å². The van der Waals surface area contributed by atoms with Gasteiger partial charge < -0.3 is 14.5 Å².